The summed E-state index contributed by atoms with van der Waals surface area (Å²) in [5.74, 6) is -1.75. The molecule has 3 atom stereocenters. The van der Waals surface area contributed by atoms with Crippen LogP contribution in [-0.4, -0.2) is 76.4 Å². The Morgan fingerprint density at radius 3 is 2.39 bits per heavy atom. The highest BCUT2D eigenvalue weighted by molar-refractivity contribution is 5.90. The van der Waals surface area contributed by atoms with Gasteiger partial charge in [0.15, 0.2) is 0 Å². The van der Waals surface area contributed by atoms with E-state index in [0.29, 0.717) is 36.3 Å². The second-order valence-electron chi connectivity index (χ2n) is 10.7. The number of methoxy groups -OCH3 is 1. The molecule has 1 aliphatic heterocycles. The van der Waals surface area contributed by atoms with E-state index in [1.165, 1.54) is 22.0 Å². The Labute approximate surface area is 223 Å². The van der Waals surface area contributed by atoms with Gasteiger partial charge in [0.1, 0.15) is 0 Å². The minimum Gasteiger partial charge on any atom is -0.478 e. The number of carboxylic acids is 2. The maximum atomic E-state index is 13.2. The SMILES string of the molecule is CCn1cc2c3c(cccc31)[C@@H]1C[C@@H](C(=O)NC3CCC(OC)CC3)CN(C)[C@@H]1C2.O=C(O)/C=C\C(=O)O. The Bertz CT molecular complexity index is 1180. The Hall–Kier alpha value is -3.17. The minimum absolute atomic E-state index is 0.0708. The van der Waals surface area contributed by atoms with E-state index in [4.69, 9.17) is 14.9 Å². The van der Waals surface area contributed by atoms with E-state index in [2.05, 4.69) is 53.2 Å². The Morgan fingerprint density at radius 1 is 1.11 bits per heavy atom. The van der Waals surface area contributed by atoms with Crippen molar-refractivity contribution in [1.82, 2.24) is 14.8 Å². The first-order valence-electron chi connectivity index (χ1n) is 13.5. The van der Waals surface area contributed by atoms with Gasteiger partial charge in [0.25, 0.3) is 0 Å². The number of benzene rings is 1. The summed E-state index contributed by atoms with van der Waals surface area (Å²) in [7, 11) is 4.01. The number of carbonyl (C=O) groups excluding carboxylic acids is 1. The van der Waals surface area contributed by atoms with Crippen molar-refractivity contribution in [2.24, 2.45) is 5.92 Å². The Balaban J connectivity index is 0.000000368. The van der Waals surface area contributed by atoms with Crippen LogP contribution in [0.3, 0.4) is 0 Å². The number of nitrogens with zero attached hydrogens (tertiary/aromatic N) is 2. The Kier molecular flexibility index (Phi) is 8.89. The van der Waals surface area contributed by atoms with Crippen LogP contribution in [0.2, 0.25) is 0 Å². The lowest BCUT2D eigenvalue weighted by Crippen LogP contribution is -2.52. The predicted molar refractivity (Wildman–Crippen MR) is 144 cm³/mol. The number of piperidine rings is 1. The van der Waals surface area contributed by atoms with Crippen molar-refractivity contribution in [3.05, 3.63) is 47.7 Å². The highest BCUT2D eigenvalue weighted by atomic mass is 16.5. The number of aromatic nitrogens is 1. The predicted octanol–water partition coefficient (Wildman–Crippen LogP) is 3.41. The van der Waals surface area contributed by atoms with Crippen molar-refractivity contribution in [2.45, 2.75) is 76.1 Å². The average molecular weight is 526 g/mol. The lowest BCUT2D eigenvalue weighted by atomic mass is 9.72. The van der Waals surface area contributed by atoms with Crippen LogP contribution in [0, 0.1) is 5.92 Å². The van der Waals surface area contributed by atoms with Gasteiger partial charge in [-0.3, -0.25) is 4.79 Å². The summed E-state index contributed by atoms with van der Waals surface area (Å²) in [5.41, 5.74) is 4.29. The molecule has 206 valence electrons. The summed E-state index contributed by atoms with van der Waals surface area (Å²) in [6, 6.07) is 7.57. The van der Waals surface area contributed by atoms with Crippen molar-refractivity contribution < 1.29 is 29.3 Å². The third-order valence-electron chi connectivity index (χ3n) is 8.36. The molecule has 2 heterocycles. The maximum absolute atomic E-state index is 13.2. The largest absolute Gasteiger partial charge is 0.478 e. The van der Waals surface area contributed by atoms with Crippen molar-refractivity contribution in [3.63, 3.8) is 0 Å². The topological polar surface area (TPSA) is 121 Å². The minimum atomic E-state index is -1.26. The molecule has 2 aliphatic carbocycles. The quantitative estimate of drug-likeness (QED) is 0.494. The van der Waals surface area contributed by atoms with Crippen LogP contribution >= 0.6 is 0 Å². The first kappa shape index (κ1) is 27.9. The number of fused-ring (bicyclic) bond motifs is 2. The third-order valence-corrected chi connectivity index (χ3v) is 8.36. The molecule has 0 bridgehead atoms. The van der Waals surface area contributed by atoms with Gasteiger partial charge in [-0.15, -0.1) is 0 Å². The molecule has 5 rings (SSSR count). The normalized spacial score (nSPS) is 26.9. The molecule has 1 saturated carbocycles. The van der Waals surface area contributed by atoms with E-state index in [9.17, 15) is 14.4 Å². The fraction of sp³-hybridized carbons (Fsp3) is 0.552. The molecule has 1 saturated heterocycles. The lowest BCUT2D eigenvalue weighted by molar-refractivity contribution is -0.134. The molecule has 0 radical (unpaired) electrons. The number of carboxylic acid groups (broad SMARTS) is 2. The van der Waals surface area contributed by atoms with Crippen LogP contribution in [0.4, 0.5) is 0 Å². The van der Waals surface area contributed by atoms with Gasteiger partial charge < -0.3 is 29.7 Å². The van der Waals surface area contributed by atoms with Crippen molar-refractivity contribution >= 4 is 28.7 Å². The molecule has 1 aromatic carbocycles. The molecule has 38 heavy (non-hydrogen) atoms. The first-order valence-corrected chi connectivity index (χ1v) is 13.5. The molecule has 0 unspecified atom stereocenters. The van der Waals surface area contributed by atoms with E-state index in [1.807, 2.05) is 0 Å². The van der Waals surface area contributed by atoms with E-state index < -0.39 is 11.9 Å². The zero-order valence-corrected chi connectivity index (χ0v) is 22.4. The van der Waals surface area contributed by atoms with Gasteiger partial charge in [0.2, 0.25) is 5.91 Å². The molecular weight excluding hydrogens is 486 g/mol. The number of carbonyl (C=O) groups is 3. The van der Waals surface area contributed by atoms with Crippen LogP contribution in [0.25, 0.3) is 10.9 Å². The number of nitrogens with one attached hydrogen (secondary N) is 1. The molecular formula is C29H39N3O6. The maximum Gasteiger partial charge on any atom is 0.328 e. The van der Waals surface area contributed by atoms with Gasteiger partial charge in [-0.2, -0.15) is 0 Å². The van der Waals surface area contributed by atoms with Crippen LogP contribution < -0.4 is 5.32 Å². The van der Waals surface area contributed by atoms with E-state index in [1.54, 1.807) is 7.11 Å². The number of aryl methyl sites for hydroxylation is 1. The number of amides is 1. The van der Waals surface area contributed by atoms with Crippen molar-refractivity contribution in [1.29, 1.82) is 0 Å². The van der Waals surface area contributed by atoms with Crippen LogP contribution in [0.1, 0.15) is 56.1 Å². The number of rotatable bonds is 6. The van der Waals surface area contributed by atoms with E-state index >= 15 is 0 Å². The molecule has 3 N–H and O–H groups in total. The number of aliphatic carboxylic acids is 2. The molecule has 0 spiro atoms. The van der Waals surface area contributed by atoms with Crippen LogP contribution in [0.5, 0.6) is 0 Å². The summed E-state index contributed by atoms with van der Waals surface area (Å²) in [6.45, 7) is 4.08. The number of likely N-dealkylation sites (N-methyl/N-ethyl adjacent to an activating group) is 1. The van der Waals surface area contributed by atoms with E-state index in [-0.39, 0.29) is 11.8 Å². The second kappa shape index (κ2) is 12.1. The number of hydrogen-bond donors (Lipinski definition) is 3. The molecule has 9 heteroatoms. The zero-order valence-electron chi connectivity index (χ0n) is 22.4. The van der Waals surface area contributed by atoms with Crippen molar-refractivity contribution in [2.75, 3.05) is 20.7 Å². The summed E-state index contributed by atoms with van der Waals surface area (Å²) < 4.78 is 7.86. The lowest BCUT2D eigenvalue weighted by Gasteiger charge is -2.45. The van der Waals surface area contributed by atoms with Gasteiger partial charge >= 0.3 is 11.9 Å². The second-order valence-corrected chi connectivity index (χ2v) is 10.7. The molecule has 2 aromatic rings. The van der Waals surface area contributed by atoms with Crippen LogP contribution in [-0.2, 0) is 32.1 Å². The fourth-order valence-electron chi connectivity index (χ4n) is 6.47. The monoisotopic (exact) mass is 525 g/mol. The van der Waals surface area contributed by atoms with Gasteiger partial charge in [-0.05, 0) is 69.7 Å². The van der Waals surface area contributed by atoms with Crippen LogP contribution in [0.15, 0.2) is 36.5 Å². The summed E-state index contributed by atoms with van der Waals surface area (Å²) in [5, 5.41) is 20.5. The smallest absolute Gasteiger partial charge is 0.328 e. The first-order chi connectivity index (χ1) is 18.2. The van der Waals surface area contributed by atoms with Crippen molar-refractivity contribution in [3.8, 4) is 0 Å². The third kappa shape index (κ3) is 6.10. The zero-order chi connectivity index (χ0) is 27.4. The number of ether oxygens (including phenoxy) is 1. The average Bonchev–Trinajstić information content (AvgIpc) is 3.27. The fourth-order valence-corrected chi connectivity index (χ4v) is 6.47. The number of hydrogen-bond acceptors (Lipinski definition) is 5. The number of likely N-dealkylation sites (tertiary alicyclic amines) is 1. The highest BCUT2D eigenvalue weighted by Gasteiger charge is 2.42. The van der Waals surface area contributed by atoms with E-state index in [0.717, 1.165) is 51.6 Å². The van der Waals surface area contributed by atoms with Gasteiger partial charge in [0.05, 0.1) is 12.0 Å². The van der Waals surface area contributed by atoms with Gasteiger partial charge in [0, 0.05) is 67.5 Å². The molecule has 1 amide bonds. The van der Waals surface area contributed by atoms with Gasteiger partial charge in [-0.25, -0.2) is 9.59 Å². The van der Waals surface area contributed by atoms with Gasteiger partial charge in [-0.1, -0.05) is 12.1 Å². The highest BCUT2D eigenvalue weighted by Crippen LogP contribution is 2.45. The molecule has 3 aliphatic rings. The standard InChI is InChI=1S/C25H35N3O2.C4H4O4/c1-4-28-15-16-13-23-21(20-6-5-7-22(28)24(16)20)12-17(14-27(23)2)25(29)26-18-8-10-19(30-3)11-9-18;5-3(6)1-2-4(7)8/h5-7,15,17-19,21,23H,4,8-14H2,1-3H3,(H,26,29);1-2H,(H,5,6)(H,7,8)/b;2-1-/t17-,18?,19?,21+,23-;/m1./s1. The molecule has 9 nitrogen and oxygen atoms in total. The summed E-state index contributed by atoms with van der Waals surface area (Å²) in [6.07, 6.45) is 10.1. The summed E-state index contributed by atoms with van der Waals surface area (Å²) in [4.78, 5) is 34.8. The Morgan fingerprint density at radius 2 is 1.79 bits per heavy atom. The summed E-state index contributed by atoms with van der Waals surface area (Å²) >= 11 is 0. The molecule has 1 aromatic heterocycles. The molecule has 2 fully saturated rings.